The number of ether oxygens (including phenoxy) is 2. The second kappa shape index (κ2) is 6.69. The zero-order valence-corrected chi connectivity index (χ0v) is 14.2. The highest BCUT2D eigenvalue weighted by atomic mass is 16.7. The smallest absolute Gasteiger partial charge is 0.287 e. The van der Waals surface area contributed by atoms with Crippen molar-refractivity contribution in [2.75, 3.05) is 0 Å². The summed E-state index contributed by atoms with van der Waals surface area (Å²) in [4.78, 5) is 14.3. The van der Waals surface area contributed by atoms with E-state index in [2.05, 4.69) is 4.98 Å². The molecule has 1 aliphatic rings. The van der Waals surface area contributed by atoms with Crippen LogP contribution in [0.1, 0.15) is 23.7 Å². The Morgan fingerprint density at radius 2 is 1.85 bits per heavy atom. The molecule has 0 aliphatic carbocycles. The van der Waals surface area contributed by atoms with Crippen molar-refractivity contribution in [1.82, 2.24) is 4.98 Å². The summed E-state index contributed by atoms with van der Waals surface area (Å²) in [6.45, 7) is 0. The van der Waals surface area contributed by atoms with Crippen LogP contribution in [-0.2, 0) is 5.79 Å². The maximum atomic E-state index is 10.8. The predicted octanol–water partition coefficient (Wildman–Crippen LogP) is 3.74. The Balaban J connectivity index is 1.75. The zero-order valence-electron chi connectivity index (χ0n) is 14.2. The van der Waals surface area contributed by atoms with Crippen LogP contribution in [0.25, 0.3) is 0 Å². The number of hydrogen-bond donors (Lipinski definition) is 1. The molecule has 4 rings (SSSR count). The van der Waals surface area contributed by atoms with Crippen molar-refractivity contribution in [3.63, 3.8) is 0 Å². The number of benzene rings is 2. The lowest BCUT2D eigenvalue weighted by atomic mass is 9.92. The Morgan fingerprint density at radius 3 is 2.56 bits per heavy atom. The molecule has 0 amide bonds. The van der Waals surface area contributed by atoms with Crippen LogP contribution in [-0.4, -0.2) is 15.0 Å². The second-order valence-corrected chi connectivity index (χ2v) is 6.19. The van der Waals surface area contributed by atoms with Gasteiger partial charge in [0.1, 0.15) is 11.9 Å². The van der Waals surface area contributed by atoms with Gasteiger partial charge in [0, 0.05) is 23.3 Å². The zero-order chi connectivity index (χ0) is 18.9. The Morgan fingerprint density at radius 1 is 1.11 bits per heavy atom. The van der Waals surface area contributed by atoms with Crippen molar-refractivity contribution in [3.05, 3.63) is 94.2 Å². The minimum absolute atomic E-state index is 0.133. The van der Waals surface area contributed by atoms with Gasteiger partial charge in [0.05, 0.1) is 17.4 Å². The molecule has 0 radical (unpaired) electrons. The number of pyridine rings is 1. The highest BCUT2D eigenvalue weighted by Crippen LogP contribution is 2.45. The van der Waals surface area contributed by atoms with Crippen LogP contribution in [0, 0.1) is 10.1 Å². The van der Waals surface area contributed by atoms with Gasteiger partial charge in [0.25, 0.3) is 11.5 Å². The van der Waals surface area contributed by atoms with E-state index < -0.39 is 16.8 Å². The van der Waals surface area contributed by atoms with Crippen LogP contribution in [0.2, 0.25) is 0 Å². The molecule has 0 fully saturated rings. The van der Waals surface area contributed by atoms with Crippen molar-refractivity contribution in [3.8, 4) is 11.6 Å². The molecule has 0 saturated heterocycles. The van der Waals surface area contributed by atoms with Gasteiger partial charge in [0.15, 0.2) is 0 Å². The first-order chi connectivity index (χ1) is 13.1. The summed E-state index contributed by atoms with van der Waals surface area (Å²) in [6.07, 6.45) is 0.474. The fourth-order valence-corrected chi connectivity index (χ4v) is 3.13. The topological polar surface area (TPSA) is 94.7 Å². The number of aliphatic hydroxyl groups is 1. The lowest BCUT2D eigenvalue weighted by Crippen LogP contribution is -2.44. The van der Waals surface area contributed by atoms with E-state index >= 15 is 0 Å². The van der Waals surface area contributed by atoms with E-state index in [-0.39, 0.29) is 18.0 Å². The van der Waals surface area contributed by atoms with E-state index in [0.29, 0.717) is 16.9 Å². The summed E-state index contributed by atoms with van der Waals surface area (Å²) in [7, 11) is 0. The monoisotopic (exact) mass is 364 g/mol. The first-order valence-corrected chi connectivity index (χ1v) is 8.38. The third-order valence-corrected chi connectivity index (χ3v) is 4.43. The lowest BCUT2D eigenvalue weighted by Gasteiger charge is -2.40. The molecule has 7 nitrogen and oxygen atoms in total. The summed E-state index contributed by atoms with van der Waals surface area (Å²) in [6, 6.07) is 19.2. The largest absolute Gasteiger partial charge is 0.448 e. The molecule has 0 spiro atoms. The number of hydrogen-bond acceptors (Lipinski definition) is 6. The third-order valence-electron chi connectivity index (χ3n) is 4.43. The fourth-order valence-electron chi connectivity index (χ4n) is 3.13. The molecule has 0 saturated carbocycles. The number of rotatable bonds is 4. The molecule has 1 N–H and O–H groups in total. The van der Waals surface area contributed by atoms with Gasteiger partial charge in [0.2, 0.25) is 5.88 Å². The number of nitro groups is 1. The minimum atomic E-state index is -1.31. The number of aromatic nitrogens is 1. The van der Waals surface area contributed by atoms with E-state index in [9.17, 15) is 15.2 Å². The second-order valence-electron chi connectivity index (χ2n) is 6.19. The Bertz CT molecular complexity index is 962. The maximum Gasteiger partial charge on any atom is 0.287 e. The van der Waals surface area contributed by atoms with E-state index in [4.69, 9.17) is 9.47 Å². The van der Waals surface area contributed by atoms with E-state index in [0.717, 1.165) is 6.20 Å². The van der Waals surface area contributed by atoms with Crippen molar-refractivity contribution < 1.29 is 19.5 Å². The number of aliphatic hydroxyl groups excluding tert-OH is 1. The van der Waals surface area contributed by atoms with Crippen molar-refractivity contribution in [1.29, 1.82) is 0 Å². The summed E-state index contributed by atoms with van der Waals surface area (Å²) in [5.74, 6) is -0.629. The number of para-hydroxylation sites is 1. The molecule has 27 heavy (non-hydrogen) atoms. The molecule has 0 bridgehead atoms. The first kappa shape index (κ1) is 17.0. The minimum Gasteiger partial charge on any atom is -0.448 e. The van der Waals surface area contributed by atoms with Crippen molar-refractivity contribution in [2.24, 2.45) is 0 Å². The van der Waals surface area contributed by atoms with Crippen LogP contribution in [0.3, 0.4) is 0 Å². The molecule has 136 valence electrons. The average molecular weight is 364 g/mol. The molecule has 3 aromatic rings. The van der Waals surface area contributed by atoms with E-state index in [1.807, 2.05) is 42.5 Å². The molecule has 2 aromatic carbocycles. The van der Waals surface area contributed by atoms with Gasteiger partial charge in [-0.2, -0.15) is 0 Å². The number of nitrogens with zero attached hydrogens (tertiary/aromatic N) is 2. The van der Waals surface area contributed by atoms with Gasteiger partial charge >= 0.3 is 0 Å². The molecule has 2 heterocycles. The van der Waals surface area contributed by atoms with Crippen LogP contribution in [0.5, 0.6) is 11.6 Å². The Labute approximate surface area is 155 Å². The van der Waals surface area contributed by atoms with Gasteiger partial charge in [-0.25, -0.2) is 4.98 Å². The maximum absolute atomic E-state index is 10.8. The molecule has 7 heteroatoms. The highest BCUT2D eigenvalue weighted by Gasteiger charge is 2.44. The van der Waals surface area contributed by atoms with Crippen LogP contribution < -0.4 is 9.47 Å². The molecular weight excluding hydrogens is 348 g/mol. The van der Waals surface area contributed by atoms with E-state index in [1.54, 1.807) is 12.1 Å². The standard InChI is InChI=1S/C20H16N2O5/c23-17-12-20(14-6-2-1-3-7-14,26-18-9-5-4-8-16(17)18)27-19-11-10-15(13-21-19)22(24)25/h1-11,13,17,23H,12H2. The van der Waals surface area contributed by atoms with Gasteiger partial charge < -0.3 is 14.6 Å². The van der Waals surface area contributed by atoms with E-state index in [1.165, 1.54) is 12.1 Å². The third kappa shape index (κ3) is 3.20. The molecule has 2 unspecified atom stereocenters. The van der Waals surface area contributed by atoms with Gasteiger partial charge in [-0.3, -0.25) is 10.1 Å². The predicted molar refractivity (Wildman–Crippen MR) is 96.3 cm³/mol. The highest BCUT2D eigenvalue weighted by molar-refractivity contribution is 5.40. The van der Waals surface area contributed by atoms with Crippen LogP contribution >= 0.6 is 0 Å². The van der Waals surface area contributed by atoms with Crippen molar-refractivity contribution >= 4 is 5.69 Å². The molecular formula is C20H16N2O5. The van der Waals surface area contributed by atoms with Gasteiger partial charge in [-0.15, -0.1) is 0 Å². The summed E-state index contributed by atoms with van der Waals surface area (Å²) in [5.41, 5.74) is 1.26. The molecule has 1 aliphatic heterocycles. The summed E-state index contributed by atoms with van der Waals surface area (Å²) >= 11 is 0. The van der Waals surface area contributed by atoms with Crippen molar-refractivity contribution in [2.45, 2.75) is 18.3 Å². The quantitative estimate of drug-likeness (QED) is 0.560. The lowest BCUT2D eigenvalue weighted by molar-refractivity contribution is -0.385. The van der Waals surface area contributed by atoms with Crippen LogP contribution in [0.4, 0.5) is 5.69 Å². The molecule has 1 aromatic heterocycles. The summed E-state index contributed by atoms with van der Waals surface area (Å²) in [5, 5.41) is 21.5. The number of fused-ring (bicyclic) bond motifs is 1. The Hall–Kier alpha value is -3.45. The van der Waals surface area contributed by atoms with Gasteiger partial charge in [-0.1, -0.05) is 48.5 Å². The summed E-state index contributed by atoms with van der Waals surface area (Å²) < 4.78 is 12.3. The normalized spacial score (nSPS) is 21.0. The van der Waals surface area contributed by atoms with Gasteiger partial charge in [-0.05, 0) is 6.07 Å². The Kier molecular flexibility index (Phi) is 4.21. The first-order valence-electron chi connectivity index (χ1n) is 8.38. The molecule has 2 atom stereocenters. The fraction of sp³-hybridized carbons (Fsp3) is 0.150. The SMILES string of the molecule is O=[N+]([O-])c1ccc(OC2(c3ccccc3)CC(O)c3ccccc3O2)nc1. The average Bonchev–Trinajstić information content (AvgIpc) is 2.69. The van der Waals surface area contributed by atoms with Crippen LogP contribution in [0.15, 0.2) is 72.9 Å².